The van der Waals surface area contributed by atoms with E-state index in [0.29, 0.717) is 18.1 Å². The summed E-state index contributed by atoms with van der Waals surface area (Å²) in [5.74, 6) is 0.712. The molecule has 0 aromatic heterocycles. The maximum atomic E-state index is 5.77. The minimum Gasteiger partial charge on any atom is -0.375 e. The molecule has 1 fully saturated rings. The summed E-state index contributed by atoms with van der Waals surface area (Å²) in [4.78, 5) is 0. The van der Waals surface area contributed by atoms with Crippen LogP contribution in [0.25, 0.3) is 0 Å². The van der Waals surface area contributed by atoms with Gasteiger partial charge < -0.3 is 4.74 Å². The van der Waals surface area contributed by atoms with Crippen LogP contribution in [-0.4, -0.2) is 12.2 Å². The molecule has 0 bridgehead atoms. The van der Waals surface area contributed by atoms with Crippen LogP contribution in [0.5, 0.6) is 0 Å². The average molecular weight is 154 g/mol. The molecule has 0 aromatic carbocycles. The second kappa shape index (κ2) is 3.91. The van der Waals surface area contributed by atoms with E-state index >= 15 is 0 Å². The van der Waals surface area contributed by atoms with Gasteiger partial charge in [0, 0.05) is 0 Å². The number of rotatable bonds is 2. The lowest BCUT2D eigenvalue weighted by Gasteiger charge is -2.32. The molecule has 1 nitrogen and oxygen atoms in total. The molecule has 1 aliphatic heterocycles. The standard InChI is InChI=1S/C10H18O/c1-4-5-10-8(2)6-7-9(3)11-10/h4,8-10H,1,5-7H2,2-3H3. The van der Waals surface area contributed by atoms with Gasteiger partial charge in [0.25, 0.3) is 0 Å². The summed E-state index contributed by atoms with van der Waals surface area (Å²) in [6.45, 7) is 8.15. The summed E-state index contributed by atoms with van der Waals surface area (Å²) in [6.07, 6.45) is 6.37. The van der Waals surface area contributed by atoms with Crippen molar-refractivity contribution in [1.29, 1.82) is 0 Å². The van der Waals surface area contributed by atoms with Crippen molar-refractivity contribution in [2.24, 2.45) is 5.92 Å². The summed E-state index contributed by atoms with van der Waals surface area (Å²) in [6, 6.07) is 0. The van der Waals surface area contributed by atoms with Crippen LogP contribution in [0.15, 0.2) is 12.7 Å². The lowest BCUT2D eigenvalue weighted by Crippen LogP contribution is -2.31. The number of hydrogen-bond acceptors (Lipinski definition) is 1. The Balaban J connectivity index is 2.40. The highest BCUT2D eigenvalue weighted by atomic mass is 16.5. The second-order valence-corrected chi connectivity index (χ2v) is 3.56. The Kier molecular flexibility index (Phi) is 3.13. The topological polar surface area (TPSA) is 9.23 Å². The van der Waals surface area contributed by atoms with Crippen molar-refractivity contribution in [3.8, 4) is 0 Å². The minimum atomic E-state index is 0.427. The highest BCUT2D eigenvalue weighted by Gasteiger charge is 2.24. The average Bonchev–Trinajstić information content (AvgIpc) is 1.98. The molecule has 1 heterocycles. The van der Waals surface area contributed by atoms with Gasteiger partial charge in [-0.2, -0.15) is 0 Å². The van der Waals surface area contributed by atoms with E-state index in [4.69, 9.17) is 4.74 Å². The molecule has 1 saturated heterocycles. The molecule has 0 radical (unpaired) electrons. The first-order valence-corrected chi connectivity index (χ1v) is 4.50. The molecule has 1 aliphatic rings. The van der Waals surface area contributed by atoms with Crippen LogP contribution in [-0.2, 0) is 4.74 Å². The number of ether oxygens (including phenoxy) is 1. The van der Waals surface area contributed by atoms with Crippen LogP contribution in [0.4, 0.5) is 0 Å². The van der Waals surface area contributed by atoms with Crippen molar-refractivity contribution in [3.05, 3.63) is 12.7 Å². The van der Waals surface area contributed by atoms with E-state index in [0.717, 1.165) is 6.42 Å². The summed E-state index contributed by atoms with van der Waals surface area (Å²) in [5, 5.41) is 0. The first-order valence-electron chi connectivity index (χ1n) is 4.50. The van der Waals surface area contributed by atoms with Gasteiger partial charge in [-0.3, -0.25) is 0 Å². The third-order valence-corrected chi connectivity index (χ3v) is 2.47. The lowest BCUT2D eigenvalue weighted by molar-refractivity contribution is -0.0675. The van der Waals surface area contributed by atoms with Crippen LogP contribution in [0.3, 0.4) is 0 Å². The molecule has 0 N–H and O–H groups in total. The Morgan fingerprint density at radius 3 is 2.82 bits per heavy atom. The summed E-state index contributed by atoms with van der Waals surface area (Å²) in [5.41, 5.74) is 0. The smallest absolute Gasteiger partial charge is 0.0638 e. The SMILES string of the molecule is C=CCC1OC(C)CCC1C. The van der Waals surface area contributed by atoms with Crippen LogP contribution >= 0.6 is 0 Å². The van der Waals surface area contributed by atoms with E-state index in [9.17, 15) is 0 Å². The first kappa shape index (κ1) is 8.79. The van der Waals surface area contributed by atoms with E-state index in [1.807, 2.05) is 6.08 Å². The van der Waals surface area contributed by atoms with E-state index < -0.39 is 0 Å². The Bertz CT molecular complexity index is 131. The van der Waals surface area contributed by atoms with Gasteiger partial charge in [0.2, 0.25) is 0 Å². The van der Waals surface area contributed by atoms with Gasteiger partial charge in [-0.1, -0.05) is 13.0 Å². The van der Waals surface area contributed by atoms with Crippen molar-refractivity contribution >= 4 is 0 Å². The van der Waals surface area contributed by atoms with Gasteiger partial charge in [0.15, 0.2) is 0 Å². The first-order chi connectivity index (χ1) is 5.24. The zero-order chi connectivity index (χ0) is 8.27. The predicted molar refractivity (Wildman–Crippen MR) is 47.5 cm³/mol. The molecular weight excluding hydrogens is 136 g/mol. The van der Waals surface area contributed by atoms with Crippen molar-refractivity contribution in [2.45, 2.75) is 45.3 Å². The molecule has 3 atom stereocenters. The van der Waals surface area contributed by atoms with E-state index in [2.05, 4.69) is 20.4 Å². The second-order valence-electron chi connectivity index (χ2n) is 3.56. The molecule has 0 spiro atoms. The Labute approximate surface area is 69.4 Å². The Morgan fingerprint density at radius 2 is 2.18 bits per heavy atom. The monoisotopic (exact) mass is 154 g/mol. The molecule has 0 aliphatic carbocycles. The molecule has 0 saturated carbocycles. The highest BCUT2D eigenvalue weighted by molar-refractivity contribution is 4.81. The molecule has 1 rings (SSSR count). The van der Waals surface area contributed by atoms with Crippen molar-refractivity contribution in [3.63, 3.8) is 0 Å². The van der Waals surface area contributed by atoms with Crippen LogP contribution in [0.2, 0.25) is 0 Å². The highest BCUT2D eigenvalue weighted by Crippen LogP contribution is 2.26. The molecule has 0 aromatic rings. The fourth-order valence-corrected chi connectivity index (χ4v) is 1.64. The molecule has 3 unspecified atom stereocenters. The van der Waals surface area contributed by atoms with Crippen molar-refractivity contribution in [2.75, 3.05) is 0 Å². The van der Waals surface area contributed by atoms with Gasteiger partial charge in [0.05, 0.1) is 12.2 Å². The molecule has 11 heavy (non-hydrogen) atoms. The number of hydrogen-bond donors (Lipinski definition) is 0. The largest absolute Gasteiger partial charge is 0.375 e. The van der Waals surface area contributed by atoms with Crippen LogP contribution in [0, 0.1) is 5.92 Å². The summed E-state index contributed by atoms with van der Waals surface area (Å²) in [7, 11) is 0. The van der Waals surface area contributed by atoms with Crippen molar-refractivity contribution in [1.82, 2.24) is 0 Å². The van der Waals surface area contributed by atoms with Gasteiger partial charge >= 0.3 is 0 Å². The molecule has 64 valence electrons. The van der Waals surface area contributed by atoms with Gasteiger partial charge in [-0.25, -0.2) is 0 Å². The van der Waals surface area contributed by atoms with Gasteiger partial charge in [-0.15, -0.1) is 6.58 Å². The Hall–Kier alpha value is -0.300. The molecular formula is C10H18O. The Morgan fingerprint density at radius 1 is 1.45 bits per heavy atom. The van der Waals surface area contributed by atoms with Gasteiger partial charge in [0.1, 0.15) is 0 Å². The third-order valence-electron chi connectivity index (χ3n) is 2.47. The van der Waals surface area contributed by atoms with Crippen molar-refractivity contribution < 1.29 is 4.74 Å². The van der Waals surface area contributed by atoms with Crippen LogP contribution < -0.4 is 0 Å². The molecule has 1 heteroatoms. The molecule has 0 amide bonds. The fraction of sp³-hybridized carbons (Fsp3) is 0.800. The maximum absolute atomic E-state index is 5.77. The maximum Gasteiger partial charge on any atom is 0.0638 e. The summed E-state index contributed by atoms with van der Waals surface area (Å²) >= 11 is 0. The zero-order valence-corrected chi connectivity index (χ0v) is 7.55. The predicted octanol–water partition coefficient (Wildman–Crippen LogP) is 2.77. The van der Waals surface area contributed by atoms with E-state index in [-0.39, 0.29) is 0 Å². The third kappa shape index (κ3) is 2.33. The lowest BCUT2D eigenvalue weighted by atomic mass is 9.92. The van der Waals surface area contributed by atoms with Gasteiger partial charge in [-0.05, 0) is 32.1 Å². The normalized spacial score (nSPS) is 38.5. The summed E-state index contributed by atoms with van der Waals surface area (Å²) < 4.78 is 5.77. The zero-order valence-electron chi connectivity index (χ0n) is 7.55. The minimum absolute atomic E-state index is 0.427. The fourth-order valence-electron chi connectivity index (χ4n) is 1.64. The van der Waals surface area contributed by atoms with E-state index in [1.54, 1.807) is 0 Å². The van der Waals surface area contributed by atoms with Crippen LogP contribution in [0.1, 0.15) is 33.1 Å². The van der Waals surface area contributed by atoms with E-state index in [1.165, 1.54) is 12.8 Å². The quantitative estimate of drug-likeness (QED) is 0.556.